The summed E-state index contributed by atoms with van der Waals surface area (Å²) in [6, 6.07) is 2.54. The van der Waals surface area contributed by atoms with Crippen LogP contribution in [0.4, 0.5) is 32.2 Å². The number of nitrogens with one attached hydrogen (secondary N) is 2. The Bertz CT molecular complexity index is 1050. The van der Waals surface area contributed by atoms with Gasteiger partial charge in [-0.3, -0.25) is 9.36 Å². The topological polar surface area (TPSA) is 129 Å². The van der Waals surface area contributed by atoms with Gasteiger partial charge in [-0.15, -0.1) is 10.2 Å². The predicted octanol–water partition coefficient (Wildman–Crippen LogP) is 2.36. The minimum atomic E-state index is -5.08. The van der Waals surface area contributed by atoms with E-state index in [0.29, 0.717) is 12.6 Å². The summed E-state index contributed by atoms with van der Waals surface area (Å²) in [4.78, 5) is 21.4. The van der Waals surface area contributed by atoms with E-state index in [1.807, 2.05) is 0 Å². The van der Waals surface area contributed by atoms with Crippen LogP contribution in [-0.2, 0) is 18.0 Å². The highest BCUT2D eigenvalue weighted by molar-refractivity contribution is 5.73. The maximum Gasteiger partial charge on any atom is 0.490 e. The lowest BCUT2D eigenvalue weighted by molar-refractivity contribution is -0.192. The number of piperidine rings is 1. The molecule has 1 aliphatic rings. The molecule has 2 aromatic rings. The van der Waals surface area contributed by atoms with Crippen LogP contribution >= 0.6 is 0 Å². The fraction of sp³-hybridized carbons (Fsp3) is 0.444. The van der Waals surface area contributed by atoms with Gasteiger partial charge in [0.2, 0.25) is 5.82 Å². The zero-order valence-electron chi connectivity index (χ0n) is 17.0. The SMILES string of the molecule is Cn1c(-c2ccc(C(F)(F)F)cc2O)nnc(N[C@@H]2CCCNC2)c1=O.O=C(O)C(F)(F)F. The molecule has 0 amide bonds. The summed E-state index contributed by atoms with van der Waals surface area (Å²) < 4.78 is 71.0. The number of carboxylic acid groups (broad SMARTS) is 1. The number of benzene rings is 1. The van der Waals surface area contributed by atoms with Crippen molar-refractivity contribution in [2.45, 2.75) is 31.2 Å². The molecule has 2 heterocycles. The van der Waals surface area contributed by atoms with Crippen molar-refractivity contribution in [3.63, 3.8) is 0 Å². The molecule has 33 heavy (non-hydrogen) atoms. The minimum absolute atomic E-state index is 0.00372. The Labute approximate surface area is 182 Å². The van der Waals surface area contributed by atoms with E-state index in [4.69, 9.17) is 9.90 Å². The van der Waals surface area contributed by atoms with Gasteiger partial charge < -0.3 is 20.8 Å². The van der Waals surface area contributed by atoms with Gasteiger partial charge in [0.25, 0.3) is 5.56 Å². The number of halogens is 6. The molecule has 9 nitrogen and oxygen atoms in total. The molecular weight excluding hydrogens is 464 g/mol. The number of aromatic nitrogens is 3. The van der Waals surface area contributed by atoms with Crippen molar-refractivity contribution < 1.29 is 41.4 Å². The zero-order valence-corrected chi connectivity index (χ0v) is 17.0. The van der Waals surface area contributed by atoms with Crippen LogP contribution in [0.2, 0.25) is 0 Å². The predicted molar refractivity (Wildman–Crippen MR) is 103 cm³/mol. The van der Waals surface area contributed by atoms with Crippen LogP contribution in [0.3, 0.4) is 0 Å². The van der Waals surface area contributed by atoms with Gasteiger partial charge in [-0.05, 0) is 37.6 Å². The van der Waals surface area contributed by atoms with Crippen LogP contribution in [0.15, 0.2) is 23.0 Å². The van der Waals surface area contributed by atoms with Crippen molar-refractivity contribution >= 4 is 11.8 Å². The van der Waals surface area contributed by atoms with Crippen molar-refractivity contribution in [3.8, 4) is 17.1 Å². The molecule has 3 rings (SSSR count). The van der Waals surface area contributed by atoms with Crippen LogP contribution in [-0.4, -0.2) is 56.3 Å². The van der Waals surface area contributed by atoms with Gasteiger partial charge in [-0.2, -0.15) is 26.3 Å². The molecule has 1 aromatic carbocycles. The standard InChI is InChI=1S/C16H18F3N5O2.C2HF3O2/c1-24-14(11-5-4-9(7-12(11)25)16(17,18)19)23-22-13(15(24)26)21-10-3-2-6-20-8-10;3-2(4,5)1(6)7/h4-5,7,10,20,25H,2-3,6,8H2,1H3,(H,21,22);(H,6,7)/t10-;/m1./s1. The Kier molecular flexibility index (Phi) is 7.89. The molecule has 1 fully saturated rings. The molecule has 0 radical (unpaired) electrons. The monoisotopic (exact) mass is 483 g/mol. The first-order valence-corrected chi connectivity index (χ1v) is 9.33. The normalized spacial score (nSPS) is 16.5. The highest BCUT2D eigenvalue weighted by Crippen LogP contribution is 2.35. The van der Waals surface area contributed by atoms with E-state index in [1.165, 1.54) is 7.05 Å². The van der Waals surface area contributed by atoms with Gasteiger partial charge in [0, 0.05) is 19.6 Å². The van der Waals surface area contributed by atoms with Crippen molar-refractivity contribution in [2.75, 3.05) is 18.4 Å². The average Bonchev–Trinajstić information content (AvgIpc) is 2.72. The van der Waals surface area contributed by atoms with Crippen LogP contribution < -0.4 is 16.2 Å². The number of alkyl halides is 6. The number of phenols is 1. The number of aromatic hydroxyl groups is 1. The fourth-order valence-electron chi connectivity index (χ4n) is 2.85. The van der Waals surface area contributed by atoms with Crippen LogP contribution in [0.5, 0.6) is 5.75 Å². The number of hydrogen-bond acceptors (Lipinski definition) is 7. The summed E-state index contributed by atoms with van der Waals surface area (Å²) in [5.74, 6) is -3.33. The number of aliphatic carboxylic acids is 1. The van der Waals surface area contributed by atoms with Crippen LogP contribution in [0.1, 0.15) is 18.4 Å². The maximum atomic E-state index is 12.7. The number of carboxylic acids is 1. The number of phenolic OH excluding ortho intramolecular Hbond substituents is 1. The summed E-state index contributed by atoms with van der Waals surface area (Å²) in [5, 5.41) is 31.1. The molecule has 1 atom stereocenters. The molecular formula is C18H19F6N5O4. The Morgan fingerprint density at radius 2 is 1.85 bits per heavy atom. The van der Waals surface area contributed by atoms with Crippen molar-refractivity contribution in [2.24, 2.45) is 7.05 Å². The summed E-state index contributed by atoms with van der Waals surface area (Å²) in [5.41, 5.74) is -1.46. The first kappa shape index (κ1) is 25.9. The molecule has 0 aliphatic carbocycles. The number of anilines is 1. The Hall–Kier alpha value is -3.36. The van der Waals surface area contributed by atoms with E-state index in [9.17, 15) is 36.2 Å². The summed E-state index contributed by atoms with van der Waals surface area (Å²) in [7, 11) is 1.42. The van der Waals surface area contributed by atoms with Gasteiger partial charge in [0.1, 0.15) is 5.75 Å². The molecule has 4 N–H and O–H groups in total. The molecule has 15 heteroatoms. The van der Waals surface area contributed by atoms with Gasteiger partial charge in [0.15, 0.2) is 5.82 Å². The van der Waals surface area contributed by atoms with Gasteiger partial charge in [-0.1, -0.05) is 0 Å². The summed E-state index contributed by atoms with van der Waals surface area (Å²) in [6.45, 7) is 1.63. The van der Waals surface area contributed by atoms with Crippen LogP contribution in [0, 0.1) is 0 Å². The molecule has 1 saturated heterocycles. The summed E-state index contributed by atoms with van der Waals surface area (Å²) in [6.07, 6.45) is -7.79. The fourth-order valence-corrected chi connectivity index (χ4v) is 2.85. The van der Waals surface area contributed by atoms with Crippen molar-refractivity contribution in [1.82, 2.24) is 20.1 Å². The van der Waals surface area contributed by atoms with E-state index in [1.54, 1.807) is 0 Å². The van der Waals surface area contributed by atoms with Crippen molar-refractivity contribution in [3.05, 3.63) is 34.1 Å². The molecule has 1 aromatic heterocycles. The maximum absolute atomic E-state index is 12.7. The highest BCUT2D eigenvalue weighted by atomic mass is 19.4. The number of rotatable bonds is 3. The van der Waals surface area contributed by atoms with Gasteiger partial charge >= 0.3 is 18.3 Å². The zero-order chi connectivity index (χ0) is 25.0. The third-order valence-corrected chi connectivity index (χ3v) is 4.52. The second-order valence-electron chi connectivity index (χ2n) is 6.96. The number of nitrogens with zero attached hydrogens (tertiary/aromatic N) is 3. The molecule has 0 spiro atoms. The van der Waals surface area contributed by atoms with Gasteiger partial charge in [-0.25, -0.2) is 4.79 Å². The van der Waals surface area contributed by atoms with E-state index in [0.717, 1.165) is 36.1 Å². The van der Waals surface area contributed by atoms with Crippen LogP contribution in [0.25, 0.3) is 11.4 Å². The first-order chi connectivity index (χ1) is 15.2. The molecule has 1 aliphatic heterocycles. The minimum Gasteiger partial charge on any atom is -0.507 e. The Morgan fingerprint density at radius 3 is 2.33 bits per heavy atom. The lowest BCUT2D eigenvalue weighted by Crippen LogP contribution is -2.40. The smallest absolute Gasteiger partial charge is 0.490 e. The molecule has 182 valence electrons. The van der Waals surface area contributed by atoms with Crippen molar-refractivity contribution in [1.29, 1.82) is 0 Å². The average molecular weight is 483 g/mol. The van der Waals surface area contributed by atoms with E-state index in [-0.39, 0.29) is 23.2 Å². The highest BCUT2D eigenvalue weighted by Gasteiger charge is 2.38. The summed E-state index contributed by atoms with van der Waals surface area (Å²) >= 11 is 0. The largest absolute Gasteiger partial charge is 0.507 e. The third kappa shape index (κ3) is 6.81. The number of hydrogen-bond donors (Lipinski definition) is 4. The second kappa shape index (κ2) is 10.1. The second-order valence-corrected chi connectivity index (χ2v) is 6.96. The molecule has 0 saturated carbocycles. The lowest BCUT2D eigenvalue weighted by atomic mass is 10.1. The Morgan fingerprint density at radius 1 is 1.21 bits per heavy atom. The molecule has 0 unspecified atom stereocenters. The lowest BCUT2D eigenvalue weighted by Gasteiger charge is -2.24. The molecule has 0 bridgehead atoms. The Balaban J connectivity index is 0.000000479. The van der Waals surface area contributed by atoms with E-state index in [2.05, 4.69) is 20.8 Å². The number of carbonyl (C=O) groups is 1. The quantitative estimate of drug-likeness (QED) is 0.490. The van der Waals surface area contributed by atoms with E-state index < -0.39 is 35.2 Å². The third-order valence-electron chi connectivity index (χ3n) is 4.52. The van der Waals surface area contributed by atoms with E-state index >= 15 is 0 Å². The van der Waals surface area contributed by atoms with Gasteiger partial charge in [0.05, 0.1) is 11.1 Å². The first-order valence-electron chi connectivity index (χ1n) is 9.33.